The smallest absolute Gasteiger partial charge is 0.322 e. The Balaban J connectivity index is 2.17. The second kappa shape index (κ2) is 5.64. The summed E-state index contributed by atoms with van der Waals surface area (Å²) in [6.45, 7) is 3.22. The molecule has 0 radical (unpaired) electrons. The minimum Gasteiger partial charge on any atom is -0.322 e. The number of nitrogens with one attached hydrogen (secondary N) is 1. The molecule has 0 unspecified atom stereocenters. The van der Waals surface area contributed by atoms with Crippen LogP contribution in [0.4, 0.5) is 10.1 Å². The fourth-order valence-corrected chi connectivity index (χ4v) is 1.86. The van der Waals surface area contributed by atoms with E-state index in [2.05, 4.69) is 10.3 Å². The maximum absolute atomic E-state index is 13.4. The highest BCUT2D eigenvalue weighted by molar-refractivity contribution is 5.90. The number of aryl methyl sites for hydroxylation is 2. The molecule has 2 aromatic rings. The van der Waals surface area contributed by atoms with E-state index in [0.29, 0.717) is 11.4 Å². The van der Waals surface area contributed by atoms with Gasteiger partial charge in [0.2, 0.25) is 5.91 Å². The number of amides is 1. The number of carbonyl (C=O) groups is 1. The van der Waals surface area contributed by atoms with E-state index in [1.165, 1.54) is 22.8 Å². The number of nitrogens with zero attached hydrogens (tertiary/aromatic N) is 2. The first-order chi connectivity index (χ1) is 9.47. The Morgan fingerprint density at radius 1 is 1.35 bits per heavy atom. The molecule has 0 atom stereocenters. The highest BCUT2D eigenvalue weighted by atomic mass is 19.1. The maximum Gasteiger partial charge on any atom is 0.348 e. The van der Waals surface area contributed by atoms with Gasteiger partial charge in [-0.3, -0.25) is 9.36 Å². The number of halogens is 1. The van der Waals surface area contributed by atoms with Gasteiger partial charge in [0.05, 0.1) is 5.69 Å². The molecule has 0 saturated heterocycles. The quantitative estimate of drug-likeness (QED) is 0.926. The van der Waals surface area contributed by atoms with Gasteiger partial charge in [-0.25, -0.2) is 9.18 Å². The Kier molecular flexibility index (Phi) is 3.93. The van der Waals surface area contributed by atoms with Crippen molar-refractivity contribution in [2.45, 2.75) is 20.4 Å². The Bertz CT molecular complexity index is 710. The number of rotatable bonds is 3. The van der Waals surface area contributed by atoms with Crippen LogP contribution in [0.1, 0.15) is 11.4 Å². The van der Waals surface area contributed by atoms with E-state index in [1.807, 2.05) is 0 Å². The first-order valence-electron chi connectivity index (χ1n) is 6.07. The van der Waals surface area contributed by atoms with Crippen LogP contribution in [-0.4, -0.2) is 15.5 Å². The molecule has 1 amide bonds. The van der Waals surface area contributed by atoms with E-state index in [-0.39, 0.29) is 12.2 Å². The molecule has 0 fully saturated rings. The number of aromatic nitrogens is 2. The molecule has 1 N–H and O–H groups in total. The molecule has 1 heterocycles. The third-order valence-corrected chi connectivity index (χ3v) is 2.80. The molecule has 0 aliphatic carbocycles. The van der Waals surface area contributed by atoms with E-state index in [4.69, 9.17) is 0 Å². The lowest BCUT2D eigenvalue weighted by molar-refractivity contribution is -0.116. The minimum atomic E-state index is -0.521. The Labute approximate surface area is 115 Å². The normalized spacial score (nSPS) is 10.3. The molecule has 0 bridgehead atoms. The number of hydrogen-bond acceptors (Lipinski definition) is 3. The second-order valence-electron chi connectivity index (χ2n) is 4.44. The highest BCUT2D eigenvalue weighted by Gasteiger charge is 2.10. The van der Waals surface area contributed by atoms with Crippen LogP contribution in [0.5, 0.6) is 0 Å². The lowest BCUT2D eigenvalue weighted by Crippen LogP contribution is -2.31. The molecular formula is C14H14FN3O2. The predicted molar refractivity (Wildman–Crippen MR) is 73.0 cm³/mol. The van der Waals surface area contributed by atoms with Crippen LogP contribution in [0, 0.1) is 19.7 Å². The summed E-state index contributed by atoms with van der Waals surface area (Å²) in [7, 11) is 0. The summed E-state index contributed by atoms with van der Waals surface area (Å²) in [5.74, 6) is -1.00. The molecular weight excluding hydrogens is 261 g/mol. The van der Waals surface area contributed by atoms with Crippen LogP contribution >= 0.6 is 0 Å². The van der Waals surface area contributed by atoms with E-state index in [1.54, 1.807) is 26.0 Å². The molecule has 6 heteroatoms. The van der Waals surface area contributed by atoms with Crippen LogP contribution in [0.3, 0.4) is 0 Å². The van der Waals surface area contributed by atoms with E-state index in [9.17, 15) is 14.0 Å². The average Bonchev–Trinajstić information content (AvgIpc) is 2.36. The minimum absolute atomic E-state index is 0.0864. The van der Waals surface area contributed by atoms with Crippen LogP contribution in [0.25, 0.3) is 0 Å². The van der Waals surface area contributed by atoms with Gasteiger partial charge in [0.1, 0.15) is 12.4 Å². The molecule has 0 aliphatic rings. The largest absolute Gasteiger partial charge is 0.348 e. The third-order valence-electron chi connectivity index (χ3n) is 2.80. The molecule has 2 rings (SSSR count). The van der Waals surface area contributed by atoms with Crippen molar-refractivity contribution in [1.29, 1.82) is 0 Å². The third kappa shape index (κ3) is 3.09. The van der Waals surface area contributed by atoms with Crippen LogP contribution in [-0.2, 0) is 11.3 Å². The molecule has 0 aliphatic heterocycles. The number of hydrogen-bond donors (Lipinski definition) is 1. The summed E-state index contributed by atoms with van der Waals surface area (Å²) in [6, 6.07) is 7.56. The lowest BCUT2D eigenvalue weighted by Gasteiger charge is -2.10. The Morgan fingerprint density at radius 2 is 2.05 bits per heavy atom. The summed E-state index contributed by atoms with van der Waals surface area (Å²) in [5.41, 5.74) is 0.818. The van der Waals surface area contributed by atoms with Gasteiger partial charge in [0.25, 0.3) is 0 Å². The van der Waals surface area contributed by atoms with E-state index < -0.39 is 17.4 Å². The van der Waals surface area contributed by atoms with Crippen molar-refractivity contribution in [3.8, 4) is 0 Å². The van der Waals surface area contributed by atoms with Gasteiger partial charge in [-0.15, -0.1) is 0 Å². The number of carbonyl (C=O) groups excluding carboxylic acids is 1. The lowest BCUT2D eigenvalue weighted by atomic mass is 10.3. The number of anilines is 1. The first kappa shape index (κ1) is 13.9. The molecule has 0 spiro atoms. The van der Waals surface area contributed by atoms with Crippen molar-refractivity contribution in [3.05, 3.63) is 58.0 Å². The van der Waals surface area contributed by atoms with Gasteiger partial charge in [0.15, 0.2) is 0 Å². The fourth-order valence-electron chi connectivity index (χ4n) is 1.86. The number of benzene rings is 1. The maximum atomic E-state index is 13.4. The van der Waals surface area contributed by atoms with Crippen molar-refractivity contribution in [2.24, 2.45) is 0 Å². The zero-order valence-electron chi connectivity index (χ0n) is 11.2. The highest BCUT2D eigenvalue weighted by Crippen LogP contribution is 2.12. The Hall–Kier alpha value is -2.50. The topological polar surface area (TPSA) is 64.0 Å². The Morgan fingerprint density at radius 3 is 2.70 bits per heavy atom. The number of para-hydroxylation sites is 1. The average molecular weight is 275 g/mol. The van der Waals surface area contributed by atoms with E-state index >= 15 is 0 Å². The first-order valence-corrected chi connectivity index (χ1v) is 6.07. The fraction of sp³-hybridized carbons (Fsp3) is 0.214. The SMILES string of the molecule is Cc1cc(C)n(CC(=O)Nc2ccccc2F)c(=O)n1. The zero-order chi connectivity index (χ0) is 14.7. The van der Waals surface area contributed by atoms with Gasteiger partial charge in [-0.2, -0.15) is 4.98 Å². The van der Waals surface area contributed by atoms with E-state index in [0.717, 1.165) is 0 Å². The van der Waals surface area contributed by atoms with Crippen LogP contribution < -0.4 is 11.0 Å². The molecule has 104 valence electrons. The summed E-state index contributed by atoms with van der Waals surface area (Å²) >= 11 is 0. The summed E-state index contributed by atoms with van der Waals surface area (Å²) in [5, 5.41) is 2.43. The summed E-state index contributed by atoms with van der Waals surface area (Å²) < 4.78 is 14.6. The monoisotopic (exact) mass is 275 g/mol. The van der Waals surface area contributed by atoms with Gasteiger partial charge in [0, 0.05) is 11.4 Å². The van der Waals surface area contributed by atoms with Crippen LogP contribution in [0.2, 0.25) is 0 Å². The van der Waals surface area contributed by atoms with Crippen molar-refractivity contribution < 1.29 is 9.18 Å². The summed E-state index contributed by atoms with van der Waals surface area (Å²) in [6.07, 6.45) is 0. The molecule has 0 saturated carbocycles. The summed E-state index contributed by atoms with van der Waals surface area (Å²) in [4.78, 5) is 27.3. The van der Waals surface area contributed by atoms with Gasteiger partial charge >= 0.3 is 5.69 Å². The predicted octanol–water partition coefficient (Wildman–Crippen LogP) is 1.64. The van der Waals surface area contributed by atoms with Gasteiger partial charge in [-0.05, 0) is 32.0 Å². The molecule has 5 nitrogen and oxygen atoms in total. The van der Waals surface area contributed by atoms with Gasteiger partial charge in [-0.1, -0.05) is 12.1 Å². The van der Waals surface area contributed by atoms with Crippen LogP contribution in [0.15, 0.2) is 35.1 Å². The zero-order valence-corrected chi connectivity index (χ0v) is 11.2. The van der Waals surface area contributed by atoms with Gasteiger partial charge < -0.3 is 5.32 Å². The molecule has 1 aromatic heterocycles. The van der Waals surface area contributed by atoms with Crippen molar-refractivity contribution in [1.82, 2.24) is 9.55 Å². The van der Waals surface area contributed by atoms with Crippen molar-refractivity contribution >= 4 is 11.6 Å². The van der Waals surface area contributed by atoms with Crippen molar-refractivity contribution in [2.75, 3.05) is 5.32 Å². The van der Waals surface area contributed by atoms with Crippen molar-refractivity contribution in [3.63, 3.8) is 0 Å². The standard InChI is InChI=1S/C14H14FN3O2/c1-9-7-10(2)18(14(20)16-9)8-13(19)17-12-6-4-3-5-11(12)15/h3-7H,8H2,1-2H3,(H,17,19). The second-order valence-corrected chi connectivity index (χ2v) is 4.44. The molecule has 20 heavy (non-hydrogen) atoms. The molecule has 1 aromatic carbocycles.